The minimum atomic E-state index is -4.00. The molecule has 3 aromatic rings. The quantitative estimate of drug-likeness (QED) is 0.395. The third-order valence-electron chi connectivity index (χ3n) is 5.52. The fourth-order valence-corrected chi connectivity index (χ4v) is 5.02. The molecule has 0 aliphatic carbocycles. The van der Waals surface area contributed by atoms with Crippen LogP contribution in [-0.4, -0.2) is 48.2 Å². The molecule has 192 valence electrons. The first-order valence-electron chi connectivity index (χ1n) is 11.6. The monoisotopic (exact) mass is 512 g/mol. The highest BCUT2D eigenvalue weighted by Gasteiger charge is 2.27. The summed E-state index contributed by atoms with van der Waals surface area (Å²) in [6.07, 6.45) is 0.544. The fourth-order valence-electron chi connectivity index (χ4n) is 3.60. The third kappa shape index (κ3) is 6.69. The lowest BCUT2D eigenvalue weighted by molar-refractivity contribution is -0.119. The van der Waals surface area contributed by atoms with E-state index in [4.69, 9.17) is 14.2 Å². The molecule has 9 heteroatoms. The van der Waals surface area contributed by atoms with Gasteiger partial charge in [0.2, 0.25) is 5.91 Å². The van der Waals surface area contributed by atoms with Gasteiger partial charge in [0, 0.05) is 6.54 Å². The van der Waals surface area contributed by atoms with E-state index in [0.717, 1.165) is 15.4 Å². The van der Waals surface area contributed by atoms with Crippen LogP contribution in [0.4, 0.5) is 5.69 Å². The number of aryl methyl sites for hydroxylation is 1. The van der Waals surface area contributed by atoms with Crippen LogP contribution in [0.25, 0.3) is 0 Å². The largest absolute Gasteiger partial charge is 0.494 e. The Kier molecular flexibility index (Phi) is 9.19. The normalized spacial score (nSPS) is 11.0. The summed E-state index contributed by atoms with van der Waals surface area (Å²) in [4.78, 5) is 12.9. The zero-order valence-corrected chi connectivity index (χ0v) is 21.8. The molecule has 0 spiro atoms. The zero-order chi connectivity index (χ0) is 26.1. The lowest BCUT2D eigenvalue weighted by Crippen LogP contribution is -2.41. The minimum Gasteiger partial charge on any atom is -0.494 e. The van der Waals surface area contributed by atoms with Crippen LogP contribution in [0.1, 0.15) is 18.1 Å². The van der Waals surface area contributed by atoms with Crippen molar-refractivity contribution in [2.45, 2.75) is 25.2 Å². The summed E-state index contributed by atoms with van der Waals surface area (Å²) in [5.74, 6) is 1.39. The Hall–Kier alpha value is -3.72. The highest BCUT2D eigenvalue weighted by molar-refractivity contribution is 7.92. The molecule has 8 nitrogen and oxygen atoms in total. The van der Waals surface area contributed by atoms with Gasteiger partial charge in [0.25, 0.3) is 10.0 Å². The van der Waals surface area contributed by atoms with E-state index in [9.17, 15) is 13.2 Å². The van der Waals surface area contributed by atoms with Crippen LogP contribution >= 0.6 is 0 Å². The number of amides is 1. The van der Waals surface area contributed by atoms with Crippen molar-refractivity contribution in [1.29, 1.82) is 0 Å². The number of nitrogens with zero attached hydrogens (tertiary/aromatic N) is 1. The van der Waals surface area contributed by atoms with E-state index in [1.807, 2.05) is 38.1 Å². The summed E-state index contributed by atoms with van der Waals surface area (Å²) in [5, 5.41) is 2.82. The smallest absolute Gasteiger partial charge is 0.264 e. The summed E-state index contributed by atoms with van der Waals surface area (Å²) in [5.41, 5.74) is 2.34. The molecule has 3 rings (SSSR count). The average molecular weight is 513 g/mol. The molecule has 0 fully saturated rings. The molecule has 0 radical (unpaired) electrons. The zero-order valence-electron chi connectivity index (χ0n) is 21.0. The fraction of sp³-hybridized carbons (Fsp3) is 0.296. The highest BCUT2D eigenvalue weighted by atomic mass is 32.2. The lowest BCUT2D eigenvalue weighted by atomic mass is 10.1. The van der Waals surface area contributed by atoms with Gasteiger partial charge >= 0.3 is 0 Å². The van der Waals surface area contributed by atoms with Crippen molar-refractivity contribution in [2.24, 2.45) is 0 Å². The number of benzene rings is 3. The first kappa shape index (κ1) is 26.9. The third-order valence-corrected chi connectivity index (χ3v) is 7.30. The van der Waals surface area contributed by atoms with Crippen molar-refractivity contribution in [3.63, 3.8) is 0 Å². The standard InChI is InChI=1S/C27H32N2O6S/c1-5-35-23-11-13-24(14-12-23)36(31,32)29(22-9-6-20(2)7-10-22)19-27(30)28-17-16-21-8-15-25(33-3)26(18-21)34-4/h6-15,18H,5,16-17,19H2,1-4H3,(H,28,30). The molecule has 0 saturated heterocycles. The van der Waals surface area contributed by atoms with E-state index in [-0.39, 0.29) is 11.4 Å². The Labute approximate surface area is 212 Å². The maximum absolute atomic E-state index is 13.5. The lowest BCUT2D eigenvalue weighted by Gasteiger charge is -2.24. The molecule has 0 heterocycles. The summed E-state index contributed by atoms with van der Waals surface area (Å²) in [7, 11) is -0.869. The van der Waals surface area contributed by atoms with Crippen LogP contribution in [0.15, 0.2) is 71.6 Å². The molecular formula is C27H32N2O6S. The molecule has 36 heavy (non-hydrogen) atoms. The number of hydrogen-bond donors (Lipinski definition) is 1. The van der Waals surface area contributed by atoms with Gasteiger partial charge in [0.1, 0.15) is 12.3 Å². The van der Waals surface area contributed by atoms with E-state index in [1.54, 1.807) is 44.6 Å². The molecule has 0 aromatic heterocycles. The number of rotatable bonds is 12. The van der Waals surface area contributed by atoms with Crippen LogP contribution in [0.5, 0.6) is 17.2 Å². The number of nitrogens with one attached hydrogen (secondary N) is 1. The van der Waals surface area contributed by atoms with Crippen molar-refractivity contribution in [3.05, 3.63) is 77.9 Å². The Morgan fingerprint density at radius 2 is 1.58 bits per heavy atom. The second-order valence-corrected chi connectivity index (χ2v) is 9.90. The highest BCUT2D eigenvalue weighted by Crippen LogP contribution is 2.28. The summed E-state index contributed by atoms with van der Waals surface area (Å²) in [6, 6.07) is 18.7. The SMILES string of the molecule is CCOc1ccc(S(=O)(=O)N(CC(=O)NCCc2ccc(OC)c(OC)c2)c2ccc(C)cc2)cc1. The Morgan fingerprint density at radius 3 is 2.19 bits per heavy atom. The van der Waals surface area contributed by atoms with E-state index < -0.39 is 15.9 Å². The molecule has 1 N–H and O–H groups in total. The molecule has 1 amide bonds. The number of carbonyl (C=O) groups excluding carboxylic acids is 1. The number of sulfonamides is 1. The van der Waals surface area contributed by atoms with Gasteiger partial charge in [-0.05, 0) is 74.4 Å². The molecule has 0 saturated carbocycles. The predicted molar refractivity (Wildman–Crippen MR) is 140 cm³/mol. The maximum Gasteiger partial charge on any atom is 0.264 e. The number of carbonyl (C=O) groups is 1. The summed E-state index contributed by atoms with van der Waals surface area (Å²) in [6.45, 7) is 4.22. The molecule has 0 unspecified atom stereocenters. The van der Waals surface area contributed by atoms with Crippen LogP contribution in [-0.2, 0) is 21.2 Å². The van der Waals surface area contributed by atoms with Gasteiger partial charge in [-0.2, -0.15) is 0 Å². The second-order valence-electron chi connectivity index (χ2n) is 8.04. The van der Waals surface area contributed by atoms with E-state index in [0.29, 0.717) is 42.5 Å². The summed E-state index contributed by atoms with van der Waals surface area (Å²) >= 11 is 0. The van der Waals surface area contributed by atoms with Crippen LogP contribution < -0.4 is 23.8 Å². The van der Waals surface area contributed by atoms with Gasteiger partial charge in [0.15, 0.2) is 11.5 Å². The Balaban J connectivity index is 1.75. The molecular weight excluding hydrogens is 480 g/mol. The first-order valence-corrected chi connectivity index (χ1v) is 13.0. The number of hydrogen-bond acceptors (Lipinski definition) is 6. The Morgan fingerprint density at radius 1 is 0.917 bits per heavy atom. The van der Waals surface area contributed by atoms with E-state index in [1.165, 1.54) is 12.1 Å². The topological polar surface area (TPSA) is 94.2 Å². The molecule has 0 aliphatic heterocycles. The Bertz CT molecular complexity index is 1260. The second kappa shape index (κ2) is 12.3. The van der Waals surface area contributed by atoms with Crippen molar-refractivity contribution >= 4 is 21.6 Å². The van der Waals surface area contributed by atoms with E-state index >= 15 is 0 Å². The molecule has 0 aliphatic rings. The summed E-state index contributed by atoms with van der Waals surface area (Å²) < 4.78 is 44.2. The maximum atomic E-state index is 13.5. The van der Waals surface area contributed by atoms with Gasteiger partial charge in [-0.15, -0.1) is 0 Å². The average Bonchev–Trinajstić information content (AvgIpc) is 2.88. The number of anilines is 1. The van der Waals surface area contributed by atoms with Crippen molar-refractivity contribution in [3.8, 4) is 17.2 Å². The van der Waals surface area contributed by atoms with Gasteiger partial charge in [0.05, 0.1) is 31.4 Å². The van der Waals surface area contributed by atoms with Gasteiger partial charge in [-0.1, -0.05) is 23.8 Å². The molecule has 0 atom stereocenters. The van der Waals surface area contributed by atoms with Crippen molar-refractivity contribution < 1.29 is 27.4 Å². The van der Waals surface area contributed by atoms with E-state index in [2.05, 4.69) is 5.32 Å². The van der Waals surface area contributed by atoms with Gasteiger partial charge < -0.3 is 19.5 Å². The van der Waals surface area contributed by atoms with Crippen molar-refractivity contribution in [1.82, 2.24) is 5.32 Å². The number of methoxy groups -OCH3 is 2. The minimum absolute atomic E-state index is 0.0738. The van der Waals surface area contributed by atoms with Crippen LogP contribution in [0.3, 0.4) is 0 Å². The first-order chi connectivity index (χ1) is 17.3. The van der Waals surface area contributed by atoms with Gasteiger partial charge in [-0.3, -0.25) is 9.10 Å². The molecule has 0 bridgehead atoms. The molecule has 3 aromatic carbocycles. The van der Waals surface area contributed by atoms with Gasteiger partial charge in [-0.25, -0.2) is 8.42 Å². The van der Waals surface area contributed by atoms with Crippen LogP contribution in [0, 0.1) is 6.92 Å². The van der Waals surface area contributed by atoms with Crippen LogP contribution in [0.2, 0.25) is 0 Å². The predicted octanol–water partition coefficient (Wildman–Crippen LogP) is 3.97. The van der Waals surface area contributed by atoms with Crippen molar-refractivity contribution in [2.75, 3.05) is 38.2 Å². The number of ether oxygens (including phenoxy) is 3.